The van der Waals surface area contributed by atoms with Crippen LogP contribution in [0.15, 0.2) is 24.3 Å². The second-order valence-electron chi connectivity index (χ2n) is 4.94. The van der Waals surface area contributed by atoms with Gasteiger partial charge in [-0.1, -0.05) is 30.7 Å². The highest BCUT2D eigenvalue weighted by Gasteiger charge is 2.18. The Kier molecular flexibility index (Phi) is 3.79. The monoisotopic (exact) mass is 233 g/mol. The van der Waals surface area contributed by atoms with E-state index in [0.29, 0.717) is 6.54 Å². The van der Waals surface area contributed by atoms with Crippen LogP contribution in [0.1, 0.15) is 36.3 Å². The largest absolute Gasteiger partial charge is 0.480 e. The molecule has 0 aliphatic heterocycles. The normalized spacial score (nSPS) is 15.9. The van der Waals surface area contributed by atoms with E-state index in [1.165, 1.54) is 30.4 Å². The lowest BCUT2D eigenvalue weighted by atomic mass is 9.80. The van der Waals surface area contributed by atoms with Gasteiger partial charge in [-0.25, -0.2) is 0 Å². The van der Waals surface area contributed by atoms with Gasteiger partial charge < -0.3 is 5.11 Å². The van der Waals surface area contributed by atoms with Crippen molar-refractivity contribution in [2.75, 3.05) is 13.6 Å². The number of hydrogen-bond acceptors (Lipinski definition) is 2. The second kappa shape index (κ2) is 5.32. The van der Waals surface area contributed by atoms with Gasteiger partial charge in [0.2, 0.25) is 0 Å². The van der Waals surface area contributed by atoms with E-state index in [-0.39, 0.29) is 6.54 Å². The maximum atomic E-state index is 10.5. The third kappa shape index (κ3) is 3.30. The van der Waals surface area contributed by atoms with Gasteiger partial charge in [-0.15, -0.1) is 0 Å². The Morgan fingerprint density at radius 3 is 2.47 bits per heavy atom. The minimum atomic E-state index is -0.779. The van der Waals surface area contributed by atoms with Gasteiger partial charge in [0, 0.05) is 6.54 Å². The summed E-state index contributed by atoms with van der Waals surface area (Å²) in [5, 5.41) is 8.68. The fraction of sp³-hybridized carbons (Fsp3) is 0.500. The lowest BCUT2D eigenvalue weighted by Gasteiger charge is -2.26. The SMILES string of the molecule is CN(CC(=O)O)Cc1ccc(C2CCC2)cc1. The predicted octanol–water partition coefficient (Wildman–Crippen LogP) is 2.47. The molecule has 3 heteroatoms. The molecule has 1 fully saturated rings. The van der Waals surface area contributed by atoms with E-state index < -0.39 is 5.97 Å². The average Bonchev–Trinajstić information content (AvgIpc) is 2.16. The quantitative estimate of drug-likeness (QED) is 0.849. The molecule has 0 spiro atoms. The van der Waals surface area contributed by atoms with Crippen molar-refractivity contribution in [3.05, 3.63) is 35.4 Å². The summed E-state index contributed by atoms with van der Waals surface area (Å²) in [5.41, 5.74) is 2.61. The zero-order valence-corrected chi connectivity index (χ0v) is 10.2. The molecular weight excluding hydrogens is 214 g/mol. The van der Waals surface area contributed by atoms with Gasteiger partial charge in [0.15, 0.2) is 0 Å². The van der Waals surface area contributed by atoms with Gasteiger partial charge in [-0.3, -0.25) is 9.69 Å². The third-order valence-corrected chi connectivity index (χ3v) is 3.41. The van der Waals surface area contributed by atoms with Crippen molar-refractivity contribution in [2.24, 2.45) is 0 Å². The van der Waals surface area contributed by atoms with E-state index in [4.69, 9.17) is 5.11 Å². The number of hydrogen-bond donors (Lipinski definition) is 1. The summed E-state index contributed by atoms with van der Waals surface area (Å²) in [6.07, 6.45) is 3.99. The van der Waals surface area contributed by atoms with Gasteiger partial charge in [-0.05, 0) is 36.9 Å². The molecule has 1 aliphatic carbocycles. The summed E-state index contributed by atoms with van der Waals surface area (Å²) in [5.74, 6) is -0.0145. The molecule has 0 amide bonds. The van der Waals surface area contributed by atoms with Crippen molar-refractivity contribution in [1.29, 1.82) is 0 Å². The maximum Gasteiger partial charge on any atom is 0.317 e. The molecule has 0 radical (unpaired) electrons. The summed E-state index contributed by atoms with van der Waals surface area (Å²) < 4.78 is 0. The molecule has 0 unspecified atom stereocenters. The highest BCUT2D eigenvalue weighted by atomic mass is 16.4. The molecule has 1 aromatic rings. The number of aliphatic carboxylic acids is 1. The van der Waals surface area contributed by atoms with Gasteiger partial charge in [-0.2, -0.15) is 0 Å². The van der Waals surface area contributed by atoms with Crippen LogP contribution in [0, 0.1) is 0 Å². The van der Waals surface area contributed by atoms with Gasteiger partial charge in [0.1, 0.15) is 0 Å². The zero-order chi connectivity index (χ0) is 12.3. The summed E-state index contributed by atoms with van der Waals surface area (Å²) in [6.45, 7) is 0.779. The van der Waals surface area contributed by atoms with Crippen LogP contribution in [-0.4, -0.2) is 29.6 Å². The number of rotatable bonds is 5. The first-order chi connectivity index (χ1) is 8.15. The Labute approximate surface area is 102 Å². The zero-order valence-electron chi connectivity index (χ0n) is 10.2. The maximum absolute atomic E-state index is 10.5. The molecule has 0 saturated heterocycles. The molecular formula is C14H19NO2. The molecule has 3 nitrogen and oxygen atoms in total. The predicted molar refractivity (Wildman–Crippen MR) is 67.0 cm³/mol. The smallest absolute Gasteiger partial charge is 0.317 e. The van der Waals surface area contributed by atoms with Crippen molar-refractivity contribution < 1.29 is 9.90 Å². The number of carboxylic acid groups (broad SMARTS) is 1. The second-order valence-corrected chi connectivity index (χ2v) is 4.94. The molecule has 0 aromatic heterocycles. The average molecular weight is 233 g/mol. The van der Waals surface area contributed by atoms with Crippen molar-refractivity contribution in [2.45, 2.75) is 31.7 Å². The van der Waals surface area contributed by atoms with Crippen molar-refractivity contribution in [3.8, 4) is 0 Å². The van der Waals surface area contributed by atoms with E-state index in [0.717, 1.165) is 5.92 Å². The third-order valence-electron chi connectivity index (χ3n) is 3.41. The molecule has 0 bridgehead atoms. The van der Waals surface area contributed by atoms with Crippen LogP contribution in [0.25, 0.3) is 0 Å². The van der Waals surface area contributed by atoms with Crippen molar-refractivity contribution in [3.63, 3.8) is 0 Å². The molecule has 92 valence electrons. The lowest BCUT2D eigenvalue weighted by Crippen LogP contribution is -2.25. The fourth-order valence-corrected chi connectivity index (χ4v) is 2.24. The Bertz CT molecular complexity index is 382. The molecule has 1 aromatic carbocycles. The number of carbonyl (C=O) groups is 1. The summed E-state index contributed by atoms with van der Waals surface area (Å²) in [7, 11) is 1.83. The van der Waals surface area contributed by atoms with Crippen LogP contribution in [0.2, 0.25) is 0 Å². The first kappa shape index (κ1) is 12.1. The first-order valence-electron chi connectivity index (χ1n) is 6.14. The Morgan fingerprint density at radius 2 is 2.00 bits per heavy atom. The number of likely N-dealkylation sites (N-methyl/N-ethyl adjacent to an activating group) is 1. The van der Waals surface area contributed by atoms with Crippen LogP contribution >= 0.6 is 0 Å². The van der Waals surface area contributed by atoms with Crippen LogP contribution < -0.4 is 0 Å². The van der Waals surface area contributed by atoms with Crippen molar-refractivity contribution in [1.82, 2.24) is 4.90 Å². The van der Waals surface area contributed by atoms with Gasteiger partial charge in [0.05, 0.1) is 6.54 Å². The standard InChI is InChI=1S/C14H19NO2/c1-15(10-14(16)17)9-11-5-7-13(8-6-11)12-3-2-4-12/h5-8,12H,2-4,9-10H2,1H3,(H,16,17). The molecule has 17 heavy (non-hydrogen) atoms. The van der Waals surface area contributed by atoms with Crippen LogP contribution in [0.5, 0.6) is 0 Å². The van der Waals surface area contributed by atoms with E-state index >= 15 is 0 Å². The van der Waals surface area contributed by atoms with E-state index in [1.54, 1.807) is 4.90 Å². The number of benzene rings is 1. The Morgan fingerprint density at radius 1 is 1.35 bits per heavy atom. The fourth-order valence-electron chi connectivity index (χ4n) is 2.24. The van der Waals surface area contributed by atoms with E-state index in [9.17, 15) is 4.79 Å². The van der Waals surface area contributed by atoms with Crippen LogP contribution in [0.4, 0.5) is 0 Å². The first-order valence-corrected chi connectivity index (χ1v) is 6.14. The summed E-state index contributed by atoms with van der Waals surface area (Å²) in [6, 6.07) is 8.61. The minimum Gasteiger partial charge on any atom is -0.480 e. The van der Waals surface area contributed by atoms with E-state index in [2.05, 4.69) is 24.3 Å². The Balaban J connectivity index is 1.90. The molecule has 0 atom stereocenters. The molecule has 1 saturated carbocycles. The molecule has 1 aliphatic rings. The Hall–Kier alpha value is -1.35. The van der Waals surface area contributed by atoms with Crippen LogP contribution in [0.3, 0.4) is 0 Å². The molecule has 0 heterocycles. The highest BCUT2D eigenvalue weighted by Crippen LogP contribution is 2.36. The van der Waals surface area contributed by atoms with Gasteiger partial charge in [0.25, 0.3) is 0 Å². The van der Waals surface area contributed by atoms with Crippen LogP contribution in [-0.2, 0) is 11.3 Å². The summed E-state index contributed by atoms with van der Waals surface area (Å²) in [4.78, 5) is 12.4. The minimum absolute atomic E-state index is 0.0877. The molecule has 1 N–H and O–H groups in total. The highest BCUT2D eigenvalue weighted by molar-refractivity contribution is 5.69. The van der Waals surface area contributed by atoms with E-state index in [1.807, 2.05) is 7.05 Å². The number of carboxylic acids is 1. The number of nitrogens with zero attached hydrogens (tertiary/aromatic N) is 1. The lowest BCUT2D eigenvalue weighted by molar-refractivity contribution is -0.138. The van der Waals surface area contributed by atoms with Crippen molar-refractivity contribution >= 4 is 5.97 Å². The topological polar surface area (TPSA) is 40.5 Å². The molecule has 2 rings (SSSR count). The van der Waals surface area contributed by atoms with Gasteiger partial charge >= 0.3 is 5.97 Å². The summed E-state index contributed by atoms with van der Waals surface area (Å²) >= 11 is 0.